The minimum atomic E-state index is 0.571. The number of amidine groups is 1. The highest BCUT2D eigenvalue weighted by atomic mass is 16.6. The first-order valence-electron chi connectivity index (χ1n) is 3.62. The van der Waals surface area contributed by atoms with Gasteiger partial charge in [0.25, 0.3) is 0 Å². The molecule has 62 valence electrons. The number of nitrogens with zero attached hydrogens (tertiary/aromatic N) is 2. The molecular formula is C8H9N3O. The lowest BCUT2D eigenvalue weighted by atomic mass is 10.1. The van der Waals surface area contributed by atoms with Gasteiger partial charge in [-0.15, -0.1) is 10.3 Å². The Morgan fingerprint density at radius 3 is 2.67 bits per heavy atom. The zero-order valence-electron chi connectivity index (χ0n) is 6.65. The van der Waals surface area contributed by atoms with Crippen molar-refractivity contribution in [1.82, 2.24) is 5.17 Å². The van der Waals surface area contributed by atoms with Gasteiger partial charge in [0, 0.05) is 11.3 Å². The monoisotopic (exact) mass is 163 g/mol. The summed E-state index contributed by atoms with van der Waals surface area (Å²) in [5.74, 6) is 0.571. The predicted octanol–water partition coefficient (Wildman–Crippen LogP) is 0.944. The molecule has 12 heavy (non-hydrogen) atoms. The van der Waals surface area contributed by atoms with Crippen LogP contribution in [0.2, 0.25) is 0 Å². The molecule has 0 atom stereocenters. The van der Waals surface area contributed by atoms with E-state index >= 15 is 0 Å². The molecule has 1 aromatic rings. The Labute approximate surface area is 69.9 Å². The Bertz CT molecular complexity index is 359. The van der Waals surface area contributed by atoms with Crippen LogP contribution in [-0.4, -0.2) is 16.2 Å². The molecule has 0 saturated carbocycles. The van der Waals surface area contributed by atoms with Crippen LogP contribution < -0.4 is 5.73 Å². The molecule has 4 nitrogen and oxygen atoms in total. The average molecular weight is 163 g/mol. The van der Waals surface area contributed by atoms with E-state index in [0.717, 1.165) is 22.0 Å². The second kappa shape index (κ2) is 2.22. The summed E-state index contributed by atoms with van der Waals surface area (Å²) in [5, 5.41) is 13.3. The maximum absolute atomic E-state index is 8.83. The first kappa shape index (κ1) is 7.12. The summed E-state index contributed by atoms with van der Waals surface area (Å²) in [7, 11) is 0. The first-order chi connectivity index (χ1) is 5.68. The smallest absolute Gasteiger partial charge is 0.208 e. The van der Waals surface area contributed by atoms with Crippen molar-refractivity contribution in [3.63, 3.8) is 0 Å². The Morgan fingerprint density at radius 1 is 1.50 bits per heavy atom. The lowest BCUT2D eigenvalue weighted by Gasteiger charge is -1.99. The maximum atomic E-state index is 8.83. The summed E-state index contributed by atoms with van der Waals surface area (Å²) < 4.78 is 0. The van der Waals surface area contributed by atoms with E-state index < -0.39 is 0 Å². The lowest BCUT2D eigenvalue weighted by molar-refractivity contribution is 0.0378. The number of rotatable bonds is 1. The Kier molecular flexibility index (Phi) is 1.31. The summed E-state index contributed by atoms with van der Waals surface area (Å²) in [6, 6.07) is 5.57. The van der Waals surface area contributed by atoms with Crippen LogP contribution in [0.3, 0.4) is 0 Å². The van der Waals surface area contributed by atoms with E-state index in [1.807, 2.05) is 19.1 Å². The van der Waals surface area contributed by atoms with Crippen molar-refractivity contribution in [2.45, 2.75) is 6.92 Å². The molecule has 2 rings (SSSR count). The Morgan fingerprint density at radius 2 is 2.17 bits per heavy atom. The highest BCUT2D eigenvalue weighted by Gasteiger charge is 2.23. The number of benzene rings is 1. The van der Waals surface area contributed by atoms with Gasteiger partial charge < -0.3 is 5.73 Å². The standard InChI is InChI=1S/C8H9N3O/c1-5-2-3-6(4-7(5)9)8-10-11(8)12/h2-4,12H,9H2,1H3. The van der Waals surface area contributed by atoms with E-state index in [4.69, 9.17) is 10.9 Å². The molecule has 0 bridgehead atoms. The number of hydrogen-bond acceptors (Lipinski definition) is 4. The molecule has 0 fully saturated rings. The van der Waals surface area contributed by atoms with Crippen LogP contribution in [0.25, 0.3) is 0 Å². The third-order valence-electron chi connectivity index (χ3n) is 1.88. The van der Waals surface area contributed by atoms with Crippen molar-refractivity contribution in [2.24, 2.45) is 5.10 Å². The number of aryl methyl sites for hydroxylation is 1. The molecular weight excluding hydrogens is 154 g/mol. The van der Waals surface area contributed by atoms with Crippen LogP contribution in [0.5, 0.6) is 0 Å². The van der Waals surface area contributed by atoms with E-state index in [0.29, 0.717) is 5.84 Å². The second-order valence-electron chi connectivity index (χ2n) is 2.78. The predicted molar refractivity (Wildman–Crippen MR) is 45.8 cm³/mol. The van der Waals surface area contributed by atoms with Gasteiger partial charge in [-0.2, -0.15) is 0 Å². The summed E-state index contributed by atoms with van der Waals surface area (Å²) >= 11 is 0. The largest absolute Gasteiger partial charge is 0.398 e. The van der Waals surface area contributed by atoms with Crippen molar-refractivity contribution in [3.8, 4) is 0 Å². The summed E-state index contributed by atoms with van der Waals surface area (Å²) in [6.07, 6.45) is 0. The fourth-order valence-electron chi connectivity index (χ4n) is 1.02. The normalized spacial score (nSPS) is 14.5. The number of anilines is 1. The zero-order chi connectivity index (χ0) is 8.72. The van der Waals surface area contributed by atoms with E-state index in [1.165, 1.54) is 0 Å². The van der Waals surface area contributed by atoms with Crippen LogP contribution >= 0.6 is 0 Å². The van der Waals surface area contributed by atoms with Gasteiger partial charge in [0.2, 0.25) is 5.84 Å². The minimum Gasteiger partial charge on any atom is -0.398 e. The van der Waals surface area contributed by atoms with E-state index in [-0.39, 0.29) is 0 Å². The van der Waals surface area contributed by atoms with Gasteiger partial charge >= 0.3 is 0 Å². The SMILES string of the molecule is Cc1ccc(C2=NN2O)cc1N. The summed E-state index contributed by atoms with van der Waals surface area (Å²) in [6.45, 7) is 1.94. The quantitative estimate of drug-likeness (QED) is 0.606. The molecule has 0 amide bonds. The molecule has 1 aromatic carbocycles. The molecule has 1 heterocycles. The molecule has 1 aliphatic heterocycles. The van der Waals surface area contributed by atoms with E-state index in [2.05, 4.69) is 5.10 Å². The van der Waals surface area contributed by atoms with Crippen molar-refractivity contribution in [1.29, 1.82) is 0 Å². The highest BCUT2D eigenvalue weighted by Crippen LogP contribution is 2.19. The van der Waals surface area contributed by atoms with E-state index in [9.17, 15) is 0 Å². The average Bonchev–Trinajstić information content (AvgIpc) is 2.73. The van der Waals surface area contributed by atoms with Gasteiger partial charge in [0.05, 0.1) is 0 Å². The van der Waals surface area contributed by atoms with Crippen LogP contribution in [0.4, 0.5) is 5.69 Å². The Balaban J connectivity index is 2.36. The number of hydrazone groups is 1. The summed E-state index contributed by atoms with van der Waals surface area (Å²) in [4.78, 5) is 0. The molecule has 0 saturated heterocycles. The van der Waals surface area contributed by atoms with Crippen LogP contribution in [-0.2, 0) is 0 Å². The van der Waals surface area contributed by atoms with Gasteiger partial charge in [-0.1, -0.05) is 12.1 Å². The summed E-state index contributed by atoms with van der Waals surface area (Å²) in [5.41, 5.74) is 8.27. The molecule has 0 aliphatic carbocycles. The van der Waals surface area contributed by atoms with Crippen molar-refractivity contribution in [2.75, 3.05) is 5.73 Å². The minimum absolute atomic E-state index is 0.571. The molecule has 0 aromatic heterocycles. The molecule has 0 radical (unpaired) electrons. The third kappa shape index (κ3) is 1.02. The third-order valence-corrected chi connectivity index (χ3v) is 1.88. The fourth-order valence-corrected chi connectivity index (χ4v) is 1.02. The van der Waals surface area contributed by atoms with E-state index in [1.54, 1.807) is 6.07 Å². The van der Waals surface area contributed by atoms with Crippen LogP contribution in [0, 0.1) is 6.92 Å². The van der Waals surface area contributed by atoms with Gasteiger partial charge in [-0.25, -0.2) is 0 Å². The van der Waals surface area contributed by atoms with Crippen molar-refractivity contribution < 1.29 is 5.21 Å². The number of hydrogen-bond donors (Lipinski definition) is 2. The molecule has 3 N–H and O–H groups in total. The maximum Gasteiger partial charge on any atom is 0.208 e. The molecule has 1 aliphatic rings. The van der Waals surface area contributed by atoms with Gasteiger partial charge in [-0.3, -0.25) is 5.21 Å². The van der Waals surface area contributed by atoms with Gasteiger partial charge in [0.1, 0.15) is 0 Å². The first-order valence-corrected chi connectivity index (χ1v) is 3.62. The molecule has 0 spiro atoms. The zero-order valence-corrected chi connectivity index (χ0v) is 6.65. The van der Waals surface area contributed by atoms with Crippen LogP contribution in [0.15, 0.2) is 23.3 Å². The second-order valence-corrected chi connectivity index (χ2v) is 2.78. The van der Waals surface area contributed by atoms with Crippen molar-refractivity contribution in [3.05, 3.63) is 29.3 Å². The molecule has 0 unspecified atom stereocenters. The van der Waals surface area contributed by atoms with Gasteiger partial charge in [-0.05, 0) is 18.6 Å². The van der Waals surface area contributed by atoms with Crippen LogP contribution in [0.1, 0.15) is 11.1 Å². The highest BCUT2D eigenvalue weighted by molar-refractivity contribution is 6.05. The topological polar surface area (TPSA) is 61.6 Å². The number of nitrogens with two attached hydrogens (primary N) is 1. The Hall–Kier alpha value is -1.55. The molecule has 4 heteroatoms. The van der Waals surface area contributed by atoms with Gasteiger partial charge in [0.15, 0.2) is 0 Å². The fraction of sp³-hybridized carbons (Fsp3) is 0.125. The number of hydroxylamine groups is 1. The van der Waals surface area contributed by atoms with Crippen molar-refractivity contribution >= 4 is 11.5 Å². The number of nitrogen functional groups attached to an aromatic ring is 1. The lowest BCUT2D eigenvalue weighted by Crippen LogP contribution is -2.01.